The van der Waals surface area contributed by atoms with Gasteiger partial charge in [-0.15, -0.1) is 4.33 Å². The second kappa shape index (κ2) is 8.58. The van der Waals surface area contributed by atoms with E-state index in [0.717, 1.165) is 6.42 Å². The molecule has 0 spiro atoms. The van der Waals surface area contributed by atoms with Crippen LogP contribution in [0.3, 0.4) is 0 Å². The molecule has 0 aliphatic carbocycles. The molecule has 1 heterocycles. The number of hydroxylamine groups is 2. The van der Waals surface area contributed by atoms with Gasteiger partial charge in [-0.25, -0.2) is 5.26 Å². The lowest BCUT2D eigenvalue weighted by atomic mass is 10.1. The van der Waals surface area contributed by atoms with Crippen molar-refractivity contribution in [1.29, 1.82) is 0 Å². The maximum Gasteiger partial charge on any atom is 0.440 e. The SMILES string of the molecule is O=S(=O)(ON1CCCCCCC1)C(F)(F)C(F)(F)C(F)(F)SOOO. The molecule has 0 atom stereocenters. The molecule has 0 unspecified atom stereocenters. The molecule has 1 aliphatic heterocycles. The molecular formula is C10H15F6NO6S2. The highest BCUT2D eigenvalue weighted by Gasteiger charge is 2.79. The van der Waals surface area contributed by atoms with E-state index in [1.54, 1.807) is 0 Å². The van der Waals surface area contributed by atoms with Gasteiger partial charge in [-0.2, -0.15) is 44.1 Å². The average Bonchev–Trinajstić information content (AvgIpc) is 2.47. The Balaban J connectivity index is 2.99. The van der Waals surface area contributed by atoms with Crippen molar-refractivity contribution < 1.29 is 53.7 Å². The third-order valence-corrected chi connectivity index (χ3v) is 5.12. The van der Waals surface area contributed by atoms with E-state index in [9.17, 15) is 34.8 Å². The minimum absolute atomic E-state index is 0.145. The van der Waals surface area contributed by atoms with Crippen molar-refractivity contribution in [3.8, 4) is 0 Å². The average molecular weight is 423 g/mol. The summed E-state index contributed by atoms with van der Waals surface area (Å²) in [4.78, 5) is 0. The predicted molar refractivity (Wildman–Crippen MR) is 71.9 cm³/mol. The van der Waals surface area contributed by atoms with Crippen LogP contribution in [-0.2, 0) is 23.8 Å². The summed E-state index contributed by atoms with van der Waals surface area (Å²) in [7, 11) is -6.46. The fourth-order valence-electron chi connectivity index (χ4n) is 1.92. The van der Waals surface area contributed by atoms with E-state index in [0.29, 0.717) is 30.7 Å². The van der Waals surface area contributed by atoms with Crippen LogP contribution in [-0.4, -0.2) is 48.3 Å². The lowest BCUT2D eigenvalue weighted by Crippen LogP contribution is -2.57. The Bertz CT molecular complexity index is 526. The largest absolute Gasteiger partial charge is 0.440 e. The third kappa shape index (κ3) is 5.11. The first-order chi connectivity index (χ1) is 11.4. The monoisotopic (exact) mass is 423 g/mol. The highest BCUT2D eigenvalue weighted by atomic mass is 32.2. The fraction of sp³-hybridized carbons (Fsp3) is 1.00. The van der Waals surface area contributed by atoms with Gasteiger partial charge >= 0.3 is 26.5 Å². The minimum Gasteiger partial charge on any atom is -0.220 e. The van der Waals surface area contributed by atoms with E-state index in [1.807, 2.05) is 0 Å². The van der Waals surface area contributed by atoms with E-state index in [2.05, 4.69) is 13.7 Å². The summed E-state index contributed by atoms with van der Waals surface area (Å²) >= 11 is -1.69. The van der Waals surface area contributed by atoms with E-state index in [1.165, 1.54) is 0 Å². The van der Waals surface area contributed by atoms with Crippen LogP contribution in [0.1, 0.15) is 32.1 Å². The van der Waals surface area contributed by atoms with Crippen molar-refractivity contribution in [1.82, 2.24) is 5.06 Å². The maximum atomic E-state index is 13.7. The molecule has 1 rings (SSSR count). The molecule has 7 nitrogen and oxygen atoms in total. The Kier molecular flexibility index (Phi) is 7.80. The molecule has 0 saturated carbocycles. The number of rotatable bonds is 8. The van der Waals surface area contributed by atoms with Crippen molar-refractivity contribution >= 4 is 22.2 Å². The molecule has 0 radical (unpaired) electrons. The summed E-state index contributed by atoms with van der Waals surface area (Å²) < 4.78 is 111. The van der Waals surface area contributed by atoms with Gasteiger partial charge in [0, 0.05) is 13.1 Å². The van der Waals surface area contributed by atoms with Crippen LogP contribution in [0, 0.1) is 0 Å². The Morgan fingerprint density at radius 3 is 1.88 bits per heavy atom. The van der Waals surface area contributed by atoms with E-state index in [-0.39, 0.29) is 13.1 Å². The molecular weight excluding hydrogens is 408 g/mol. The van der Waals surface area contributed by atoms with Gasteiger partial charge in [0.15, 0.2) is 0 Å². The second-order valence-corrected chi connectivity index (χ2v) is 7.44. The summed E-state index contributed by atoms with van der Waals surface area (Å²) in [6.07, 6.45) is 2.81. The highest BCUT2D eigenvalue weighted by molar-refractivity contribution is 7.95. The van der Waals surface area contributed by atoms with Gasteiger partial charge in [0.05, 0.1) is 0 Å². The summed E-state index contributed by atoms with van der Waals surface area (Å²) in [5.74, 6) is -6.44. The van der Waals surface area contributed by atoms with Crippen LogP contribution < -0.4 is 0 Å². The number of hydrogen-bond donors (Lipinski definition) is 1. The quantitative estimate of drug-likeness (QED) is 0.275. The Labute approximate surface area is 143 Å². The zero-order valence-electron chi connectivity index (χ0n) is 12.5. The van der Waals surface area contributed by atoms with Gasteiger partial charge in [-0.3, -0.25) is 0 Å². The van der Waals surface area contributed by atoms with Crippen LogP contribution >= 0.6 is 12.0 Å². The van der Waals surface area contributed by atoms with Crippen molar-refractivity contribution in [2.24, 2.45) is 0 Å². The number of nitrogens with zero attached hydrogens (tertiary/aromatic N) is 1. The molecule has 15 heteroatoms. The molecule has 0 aromatic rings. The van der Waals surface area contributed by atoms with Crippen molar-refractivity contribution in [3.05, 3.63) is 0 Å². The number of halogens is 6. The molecule has 150 valence electrons. The molecule has 0 bridgehead atoms. The molecule has 1 aliphatic rings. The topological polar surface area (TPSA) is 85.3 Å². The second-order valence-electron chi connectivity index (χ2n) is 5.06. The molecule has 25 heavy (non-hydrogen) atoms. The first kappa shape index (κ1) is 22.7. The fourth-order valence-corrected chi connectivity index (χ4v) is 3.29. The van der Waals surface area contributed by atoms with Gasteiger partial charge in [0.1, 0.15) is 12.0 Å². The van der Waals surface area contributed by atoms with Gasteiger partial charge < -0.3 is 0 Å². The predicted octanol–water partition coefficient (Wildman–Crippen LogP) is 3.40. The van der Waals surface area contributed by atoms with E-state index in [4.69, 9.17) is 5.26 Å². The normalized spacial score (nSPS) is 19.5. The van der Waals surface area contributed by atoms with Gasteiger partial charge in [0.25, 0.3) is 0 Å². The molecule has 1 N–H and O–H groups in total. The lowest BCUT2D eigenvalue weighted by molar-refractivity contribution is -0.434. The number of hydrogen-bond acceptors (Lipinski definition) is 8. The van der Waals surface area contributed by atoms with E-state index >= 15 is 0 Å². The Hall–Kier alpha value is -0.320. The van der Waals surface area contributed by atoms with Crippen LogP contribution in [0.25, 0.3) is 0 Å². The highest BCUT2D eigenvalue weighted by Crippen LogP contribution is 2.53. The van der Waals surface area contributed by atoms with Crippen molar-refractivity contribution in [2.75, 3.05) is 13.1 Å². The lowest BCUT2D eigenvalue weighted by Gasteiger charge is -2.31. The summed E-state index contributed by atoms with van der Waals surface area (Å²) in [5, 5.41) is -1.24. The summed E-state index contributed by atoms with van der Waals surface area (Å²) in [5.41, 5.74) is 0. The van der Waals surface area contributed by atoms with Crippen LogP contribution in [0.2, 0.25) is 0 Å². The zero-order chi connectivity index (χ0) is 19.4. The summed E-state index contributed by atoms with van der Waals surface area (Å²) in [6.45, 7) is -0.291. The van der Waals surface area contributed by atoms with Crippen molar-refractivity contribution in [2.45, 2.75) is 48.5 Å². The van der Waals surface area contributed by atoms with Gasteiger partial charge in [-0.05, 0) is 12.8 Å². The van der Waals surface area contributed by atoms with Crippen LogP contribution in [0.4, 0.5) is 26.3 Å². The third-order valence-electron chi connectivity index (χ3n) is 3.23. The molecule has 0 amide bonds. The number of alkyl halides is 6. The maximum absolute atomic E-state index is 13.7. The summed E-state index contributed by atoms with van der Waals surface area (Å²) in [6, 6.07) is 0. The Morgan fingerprint density at radius 1 is 0.920 bits per heavy atom. The zero-order valence-corrected chi connectivity index (χ0v) is 14.1. The van der Waals surface area contributed by atoms with E-state index < -0.39 is 38.6 Å². The smallest absolute Gasteiger partial charge is 0.220 e. The molecule has 1 saturated heterocycles. The molecule has 0 aromatic carbocycles. The molecule has 1 fully saturated rings. The Morgan fingerprint density at radius 2 is 1.40 bits per heavy atom. The van der Waals surface area contributed by atoms with Gasteiger partial charge in [0.2, 0.25) is 0 Å². The first-order valence-electron chi connectivity index (χ1n) is 6.87. The minimum atomic E-state index is -6.46. The first-order valence-corrected chi connectivity index (χ1v) is 9.02. The standard InChI is InChI=1S/C10H15F6NO6S2/c11-8(12,9(13,14)24-23-22-18)10(15,16)25(19,20)21-17-6-4-2-1-3-5-7-17/h18H,1-7H2. The van der Waals surface area contributed by atoms with Crippen LogP contribution in [0.5, 0.6) is 0 Å². The molecule has 0 aromatic heterocycles. The van der Waals surface area contributed by atoms with Crippen LogP contribution in [0.15, 0.2) is 0 Å². The van der Waals surface area contributed by atoms with Gasteiger partial charge in [-0.1, -0.05) is 24.3 Å². The van der Waals surface area contributed by atoms with Crippen molar-refractivity contribution in [3.63, 3.8) is 0 Å².